The Bertz CT molecular complexity index is 266. The number of carbonyl (C=O) groups is 2. The highest BCUT2D eigenvalue weighted by Crippen LogP contribution is 2.03. The second-order valence-electron chi connectivity index (χ2n) is 4.56. The summed E-state index contributed by atoms with van der Waals surface area (Å²) in [6, 6.07) is 0.305. The van der Waals surface area contributed by atoms with Crippen LogP contribution in [0.3, 0.4) is 0 Å². The van der Waals surface area contributed by atoms with E-state index in [4.69, 9.17) is 0 Å². The number of hydrogen-bond donors (Lipinski definition) is 1. The van der Waals surface area contributed by atoms with Gasteiger partial charge in [-0.1, -0.05) is 0 Å². The number of rotatable bonds is 6. The maximum Gasteiger partial charge on any atom is 0.324 e. The van der Waals surface area contributed by atoms with Crippen molar-refractivity contribution in [1.82, 2.24) is 15.1 Å². The summed E-state index contributed by atoms with van der Waals surface area (Å²) in [5, 5.41) is 2.27. The molecule has 0 aliphatic carbocycles. The van der Waals surface area contributed by atoms with E-state index in [0.717, 1.165) is 19.4 Å². The zero-order valence-electron chi connectivity index (χ0n) is 10.3. The van der Waals surface area contributed by atoms with Crippen molar-refractivity contribution in [2.24, 2.45) is 0 Å². The van der Waals surface area contributed by atoms with Crippen molar-refractivity contribution < 1.29 is 9.59 Å². The van der Waals surface area contributed by atoms with Crippen LogP contribution in [0.25, 0.3) is 0 Å². The fourth-order valence-electron chi connectivity index (χ4n) is 1.59. The second-order valence-corrected chi connectivity index (χ2v) is 4.56. The standard InChI is InChI=1S/C11H21N3O2/c1-9(2)13(3)6-4-5-7-14-8-10(15)12-11(14)16/h9H,4-8H2,1-3H3,(H,12,15,16). The van der Waals surface area contributed by atoms with Gasteiger partial charge in [0.2, 0.25) is 5.91 Å². The number of hydrogen-bond acceptors (Lipinski definition) is 3. The van der Waals surface area contributed by atoms with Gasteiger partial charge in [0, 0.05) is 12.6 Å². The lowest BCUT2D eigenvalue weighted by Gasteiger charge is -2.21. The Labute approximate surface area is 96.8 Å². The predicted octanol–water partition coefficient (Wildman–Crippen LogP) is 0.659. The number of amides is 3. The van der Waals surface area contributed by atoms with Crippen molar-refractivity contribution in [1.29, 1.82) is 0 Å². The van der Waals surface area contributed by atoms with Gasteiger partial charge in [-0.05, 0) is 40.3 Å². The number of nitrogens with one attached hydrogen (secondary N) is 1. The topological polar surface area (TPSA) is 52.6 Å². The molecule has 1 fully saturated rings. The van der Waals surface area contributed by atoms with Crippen LogP contribution in [0.4, 0.5) is 4.79 Å². The molecule has 5 nitrogen and oxygen atoms in total. The molecule has 3 amide bonds. The minimum atomic E-state index is -0.248. The summed E-state index contributed by atoms with van der Waals surface area (Å²) in [5.74, 6) is -0.190. The molecule has 1 aliphatic rings. The molecule has 0 saturated carbocycles. The van der Waals surface area contributed by atoms with Crippen LogP contribution in [-0.4, -0.2) is 54.5 Å². The van der Waals surface area contributed by atoms with Crippen molar-refractivity contribution in [2.75, 3.05) is 26.7 Å². The van der Waals surface area contributed by atoms with Crippen molar-refractivity contribution in [2.45, 2.75) is 32.7 Å². The molecule has 5 heteroatoms. The van der Waals surface area contributed by atoms with E-state index in [2.05, 4.69) is 31.1 Å². The first-order valence-corrected chi connectivity index (χ1v) is 5.79. The van der Waals surface area contributed by atoms with Gasteiger partial charge >= 0.3 is 6.03 Å². The van der Waals surface area contributed by atoms with E-state index in [0.29, 0.717) is 12.6 Å². The van der Waals surface area contributed by atoms with Crippen molar-refractivity contribution >= 4 is 11.9 Å². The average Bonchev–Trinajstić information content (AvgIpc) is 2.51. The minimum Gasteiger partial charge on any atom is -0.315 e. The Morgan fingerprint density at radius 1 is 1.38 bits per heavy atom. The fourth-order valence-corrected chi connectivity index (χ4v) is 1.59. The molecule has 1 rings (SSSR count). The number of carbonyl (C=O) groups excluding carboxylic acids is 2. The Morgan fingerprint density at radius 2 is 2.06 bits per heavy atom. The summed E-state index contributed by atoms with van der Waals surface area (Å²) in [5.41, 5.74) is 0. The lowest BCUT2D eigenvalue weighted by molar-refractivity contribution is -0.118. The normalized spacial score (nSPS) is 16.4. The van der Waals surface area contributed by atoms with Crippen molar-refractivity contribution in [3.05, 3.63) is 0 Å². The van der Waals surface area contributed by atoms with Gasteiger partial charge in [-0.25, -0.2) is 4.79 Å². The highest BCUT2D eigenvalue weighted by molar-refractivity contribution is 6.01. The molecule has 0 aromatic carbocycles. The first-order valence-electron chi connectivity index (χ1n) is 5.79. The monoisotopic (exact) mass is 227 g/mol. The summed E-state index contributed by atoms with van der Waals surface area (Å²) in [6.45, 7) is 6.24. The SMILES string of the molecule is CC(C)N(C)CCCCN1CC(=O)NC1=O. The van der Waals surface area contributed by atoms with Crippen LogP contribution in [0.1, 0.15) is 26.7 Å². The first kappa shape index (κ1) is 13.0. The molecule has 1 aliphatic heterocycles. The highest BCUT2D eigenvalue weighted by atomic mass is 16.2. The molecular formula is C11H21N3O2. The third-order valence-electron chi connectivity index (χ3n) is 2.94. The van der Waals surface area contributed by atoms with Crippen LogP contribution < -0.4 is 5.32 Å². The number of imide groups is 1. The van der Waals surface area contributed by atoms with Gasteiger partial charge in [-0.15, -0.1) is 0 Å². The van der Waals surface area contributed by atoms with Gasteiger partial charge < -0.3 is 9.80 Å². The molecule has 0 aromatic heterocycles. The van der Waals surface area contributed by atoms with Crippen LogP contribution >= 0.6 is 0 Å². The Kier molecular flexibility index (Phi) is 4.73. The van der Waals surface area contributed by atoms with Crippen molar-refractivity contribution in [3.8, 4) is 0 Å². The van der Waals surface area contributed by atoms with E-state index in [-0.39, 0.29) is 18.5 Å². The third-order valence-corrected chi connectivity index (χ3v) is 2.94. The van der Waals surface area contributed by atoms with E-state index in [9.17, 15) is 9.59 Å². The quantitative estimate of drug-likeness (QED) is 0.535. The molecule has 0 aromatic rings. The van der Waals surface area contributed by atoms with E-state index in [1.165, 1.54) is 0 Å². The first-order chi connectivity index (χ1) is 7.50. The van der Waals surface area contributed by atoms with Crippen LogP contribution in [0.5, 0.6) is 0 Å². The number of nitrogens with zero attached hydrogens (tertiary/aromatic N) is 2. The summed E-state index contributed by atoms with van der Waals surface area (Å²) in [6.07, 6.45) is 1.99. The van der Waals surface area contributed by atoms with E-state index in [1.54, 1.807) is 4.90 Å². The van der Waals surface area contributed by atoms with E-state index >= 15 is 0 Å². The van der Waals surface area contributed by atoms with E-state index < -0.39 is 0 Å². The summed E-state index contributed by atoms with van der Waals surface area (Å²) in [4.78, 5) is 26.0. The maximum atomic E-state index is 11.2. The predicted molar refractivity (Wildman–Crippen MR) is 62.1 cm³/mol. The minimum absolute atomic E-state index is 0.190. The highest BCUT2D eigenvalue weighted by Gasteiger charge is 2.25. The molecule has 0 unspecified atom stereocenters. The summed E-state index contributed by atoms with van der Waals surface area (Å²) in [7, 11) is 2.09. The van der Waals surface area contributed by atoms with Gasteiger partial charge in [0.15, 0.2) is 0 Å². The Balaban J connectivity index is 2.12. The molecule has 0 radical (unpaired) electrons. The molecule has 1 heterocycles. The van der Waals surface area contributed by atoms with Gasteiger partial charge in [0.1, 0.15) is 6.54 Å². The fraction of sp³-hybridized carbons (Fsp3) is 0.818. The largest absolute Gasteiger partial charge is 0.324 e. The third kappa shape index (κ3) is 3.81. The molecule has 0 bridgehead atoms. The van der Waals surface area contributed by atoms with Crippen LogP contribution in [0.2, 0.25) is 0 Å². The summed E-state index contributed by atoms with van der Waals surface area (Å²) < 4.78 is 0. The van der Waals surface area contributed by atoms with Gasteiger partial charge in [-0.3, -0.25) is 10.1 Å². The van der Waals surface area contributed by atoms with Crippen molar-refractivity contribution in [3.63, 3.8) is 0 Å². The maximum absolute atomic E-state index is 11.2. The molecule has 92 valence electrons. The van der Waals surface area contributed by atoms with Crippen LogP contribution in [0.15, 0.2) is 0 Å². The molecule has 16 heavy (non-hydrogen) atoms. The zero-order chi connectivity index (χ0) is 12.1. The summed E-state index contributed by atoms with van der Waals surface area (Å²) >= 11 is 0. The lowest BCUT2D eigenvalue weighted by Crippen LogP contribution is -2.30. The molecular weight excluding hydrogens is 206 g/mol. The van der Waals surface area contributed by atoms with Crippen LogP contribution in [-0.2, 0) is 4.79 Å². The van der Waals surface area contributed by atoms with Gasteiger partial charge in [0.25, 0.3) is 0 Å². The Morgan fingerprint density at radius 3 is 2.56 bits per heavy atom. The number of urea groups is 1. The molecule has 0 spiro atoms. The van der Waals surface area contributed by atoms with Gasteiger partial charge in [-0.2, -0.15) is 0 Å². The molecule has 0 atom stereocenters. The molecule has 1 N–H and O–H groups in total. The average molecular weight is 227 g/mol. The molecule has 1 saturated heterocycles. The smallest absolute Gasteiger partial charge is 0.315 e. The van der Waals surface area contributed by atoms with Crippen LogP contribution in [0, 0.1) is 0 Å². The second kappa shape index (κ2) is 5.84. The van der Waals surface area contributed by atoms with E-state index in [1.807, 2.05) is 0 Å². The Hall–Kier alpha value is -1.10. The zero-order valence-corrected chi connectivity index (χ0v) is 10.3. The number of unbranched alkanes of at least 4 members (excludes halogenated alkanes) is 1. The lowest BCUT2D eigenvalue weighted by atomic mass is 10.2. The van der Waals surface area contributed by atoms with Gasteiger partial charge in [0.05, 0.1) is 0 Å².